The highest BCUT2D eigenvalue weighted by molar-refractivity contribution is 5.76. The van der Waals surface area contributed by atoms with Crippen LogP contribution in [0.3, 0.4) is 0 Å². The van der Waals surface area contributed by atoms with Crippen molar-refractivity contribution in [1.29, 1.82) is 0 Å². The molecule has 0 bridgehead atoms. The average molecular weight is 367 g/mol. The fraction of sp³-hybridized carbons (Fsp3) is 0.632. The van der Waals surface area contributed by atoms with Crippen molar-refractivity contribution in [1.82, 2.24) is 5.06 Å². The van der Waals surface area contributed by atoms with Crippen LogP contribution in [-0.4, -0.2) is 57.8 Å². The summed E-state index contributed by atoms with van der Waals surface area (Å²) in [5.41, 5.74) is 2.08. The van der Waals surface area contributed by atoms with E-state index in [2.05, 4.69) is 0 Å². The molecule has 0 radical (unpaired) electrons. The van der Waals surface area contributed by atoms with Crippen molar-refractivity contribution in [3.05, 3.63) is 35.4 Å². The summed E-state index contributed by atoms with van der Waals surface area (Å²) < 4.78 is 22.1. The monoisotopic (exact) mass is 367 g/mol. The highest BCUT2D eigenvalue weighted by atomic mass is 16.7. The molecule has 1 aromatic carbocycles. The van der Waals surface area contributed by atoms with Gasteiger partial charge < -0.3 is 18.9 Å². The van der Waals surface area contributed by atoms with E-state index in [1.54, 1.807) is 7.05 Å². The van der Waals surface area contributed by atoms with Gasteiger partial charge in [0.2, 0.25) is 0 Å². The smallest absolute Gasteiger partial charge is 0.271 e. The lowest BCUT2D eigenvalue weighted by Gasteiger charge is -2.22. The van der Waals surface area contributed by atoms with Crippen LogP contribution in [0, 0.1) is 0 Å². The van der Waals surface area contributed by atoms with Gasteiger partial charge in [-0.2, -0.15) is 0 Å². The van der Waals surface area contributed by atoms with Crippen LogP contribution < -0.4 is 0 Å². The van der Waals surface area contributed by atoms with Crippen molar-refractivity contribution < 1.29 is 28.6 Å². The lowest BCUT2D eigenvalue weighted by atomic mass is 10.1. The minimum Gasteiger partial charge on any atom is -0.374 e. The van der Waals surface area contributed by atoms with Crippen molar-refractivity contribution in [3.8, 4) is 0 Å². The summed E-state index contributed by atoms with van der Waals surface area (Å²) in [6, 6.07) is 7.92. The Bertz CT molecular complexity index is 515. The summed E-state index contributed by atoms with van der Waals surface area (Å²) >= 11 is 0. The summed E-state index contributed by atoms with van der Waals surface area (Å²) in [6.07, 6.45) is 3.19. The molecule has 1 heterocycles. The molecule has 0 N–H and O–H groups in total. The van der Waals surface area contributed by atoms with Crippen LogP contribution in [0.1, 0.15) is 30.4 Å². The zero-order valence-corrected chi connectivity index (χ0v) is 15.6. The molecule has 146 valence electrons. The van der Waals surface area contributed by atoms with Crippen molar-refractivity contribution in [2.24, 2.45) is 0 Å². The van der Waals surface area contributed by atoms with E-state index in [4.69, 9.17) is 23.8 Å². The molecule has 7 nitrogen and oxygen atoms in total. The fourth-order valence-electron chi connectivity index (χ4n) is 2.45. The van der Waals surface area contributed by atoms with E-state index >= 15 is 0 Å². The molecule has 0 aromatic heterocycles. The number of hydrogen-bond donors (Lipinski definition) is 0. The van der Waals surface area contributed by atoms with Crippen LogP contribution in [0.5, 0.6) is 0 Å². The Labute approximate surface area is 155 Å². The number of nitrogens with zero attached hydrogens (tertiary/aromatic N) is 1. The number of benzene rings is 1. The zero-order chi connectivity index (χ0) is 18.6. The molecule has 0 spiro atoms. The summed E-state index contributed by atoms with van der Waals surface area (Å²) in [5.74, 6) is -0.224. The molecule has 1 aliphatic heterocycles. The Morgan fingerprint density at radius 3 is 2.42 bits per heavy atom. The lowest BCUT2D eigenvalue weighted by molar-refractivity contribution is -0.173. The number of hydroxylamine groups is 2. The van der Waals surface area contributed by atoms with E-state index in [9.17, 15) is 4.79 Å². The van der Waals surface area contributed by atoms with Crippen LogP contribution in [-0.2, 0) is 41.8 Å². The number of carbonyl (C=O) groups is 1. The highest BCUT2D eigenvalue weighted by Crippen LogP contribution is 2.13. The molecule has 2 rings (SSSR count). The fourth-order valence-corrected chi connectivity index (χ4v) is 2.45. The Morgan fingerprint density at radius 2 is 1.81 bits per heavy atom. The maximum absolute atomic E-state index is 11.5. The Balaban J connectivity index is 1.56. The van der Waals surface area contributed by atoms with Gasteiger partial charge in [-0.05, 0) is 30.4 Å². The van der Waals surface area contributed by atoms with E-state index in [0.717, 1.165) is 35.6 Å². The van der Waals surface area contributed by atoms with E-state index in [1.807, 2.05) is 24.3 Å². The first-order valence-electron chi connectivity index (χ1n) is 8.96. The van der Waals surface area contributed by atoms with Gasteiger partial charge in [-0.3, -0.25) is 9.63 Å². The number of likely N-dealkylation sites (N-methyl/N-ethyl adjacent to an activating group) is 1. The minimum absolute atomic E-state index is 0.0140. The van der Waals surface area contributed by atoms with E-state index in [1.165, 1.54) is 13.5 Å². The van der Waals surface area contributed by atoms with Crippen molar-refractivity contribution in [2.75, 3.05) is 40.6 Å². The molecule has 7 heteroatoms. The molecular weight excluding hydrogens is 338 g/mol. The van der Waals surface area contributed by atoms with Gasteiger partial charge >= 0.3 is 0 Å². The van der Waals surface area contributed by atoms with Crippen molar-refractivity contribution >= 4 is 5.91 Å². The third-order valence-electron chi connectivity index (χ3n) is 4.08. The van der Waals surface area contributed by atoms with Crippen LogP contribution in [0.15, 0.2) is 24.3 Å². The van der Waals surface area contributed by atoms with Gasteiger partial charge in [-0.1, -0.05) is 24.3 Å². The molecular formula is C19H29NO6. The number of rotatable bonds is 11. The van der Waals surface area contributed by atoms with Gasteiger partial charge in [0.1, 0.15) is 6.61 Å². The van der Waals surface area contributed by atoms with Crippen LogP contribution >= 0.6 is 0 Å². The van der Waals surface area contributed by atoms with E-state index in [-0.39, 0.29) is 18.8 Å². The summed E-state index contributed by atoms with van der Waals surface area (Å²) in [7, 11) is 2.99. The first kappa shape index (κ1) is 20.8. The summed E-state index contributed by atoms with van der Waals surface area (Å²) in [4.78, 5) is 16.3. The maximum atomic E-state index is 11.5. The lowest BCUT2D eigenvalue weighted by Crippen LogP contribution is -2.29. The normalized spacial score (nSPS) is 17.2. The second kappa shape index (κ2) is 12.0. The first-order valence-corrected chi connectivity index (χ1v) is 8.96. The number of carbonyl (C=O) groups excluding carboxylic acids is 1. The molecule has 1 aromatic rings. The van der Waals surface area contributed by atoms with Gasteiger partial charge in [-0.25, -0.2) is 5.06 Å². The van der Waals surface area contributed by atoms with Gasteiger partial charge in [0.25, 0.3) is 5.91 Å². The molecule has 1 aliphatic rings. The molecule has 1 fully saturated rings. The Morgan fingerprint density at radius 1 is 1.12 bits per heavy atom. The predicted octanol–water partition coefficient (Wildman–Crippen LogP) is 2.28. The maximum Gasteiger partial charge on any atom is 0.271 e. The van der Waals surface area contributed by atoms with Crippen molar-refractivity contribution in [3.63, 3.8) is 0 Å². The van der Waals surface area contributed by atoms with E-state index < -0.39 is 0 Å². The molecule has 1 unspecified atom stereocenters. The molecule has 1 amide bonds. The van der Waals surface area contributed by atoms with E-state index in [0.29, 0.717) is 26.4 Å². The Hall–Kier alpha value is -1.51. The average Bonchev–Trinajstić information content (AvgIpc) is 2.69. The predicted molar refractivity (Wildman–Crippen MR) is 95.1 cm³/mol. The quantitative estimate of drug-likeness (QED) is 0.442. The molecule has 26 heavy (non-hydrogen) atoms. The second-order valence-corrected chi connectivity index (χ2v) is 6.10. The number of hydrogen-bond acceptors (Lipinski definition) is 6. The topological polar surface area (TPSA) is 66.5 Å². The van der Waals surface area contributed by atoms with Crippen LogP contribution in [0.4, 0.5) is 0 Å². The molecule has 1 atom stereocenters. The summed E-state index contributed by atoms with van der Waals surface area (Å²) in [6.45, 7) is 2.77. The minimum atomic E-state index is -0.224. The second-order valence-electron chi connectivity index (χ2n) is 6.10. The van der Waals surface area contributed by atoms with Crippen LogP contribution in [0.25, 0.3) is 0 Å². The van der Waals surface area contributed by atoms with Gasteiger partial charge in [-0.15, -0.1) is 0 Å². The number of amides is 1. The van der Waals surface area contributed by atoms with Gasteiger partial charge in [0.15, 0.2) is 6.29 Å². The molecule has 1 saturated heterocycles. The third kappa shape index (κ3) is 7.80. The number of ether oxygens (including phenoxy) is 4. The SMILES string of the molecule is CON(C)C(=O)COCc1ccc(COCCOC2CCCCO2)cc1. The Kier molecular flexibility index (Phi) is 9.58. The van der Waals surface area contributed by atoms with Gasteiger partial charge in [0, 0.05) is 13.7 Å². The molecule has 0 saturated carbocycles. The van der Waals surface area contributed by atoms with Crippen molar-refractivity contribution in [2.45, 2.75) is 38.8 Å². The largest absolute Gasteiger partial charge is 0.374 e. The zero-order valence-electron chi connectivity index (χ0n) is 15.6. The third-order valence-corrected chi connectivity index (χ3v) is 4.08. The standard InChI is InChI=1S/C19H29NO6/c1-20(22-2)18(21)15-24-14-17-8-6-16(7-9-17)13-23-11-12-26-19-5-3-4-10-25-19/h6-9,19H,3-5,10-15H2,1-2H3. The summed E-state index contributed by atoms with van der Waals surface area (Å²) in [5, 5.41) is 1.14. The van der Waals surface area contributed by atoms with Crippen LogP contribution in [0.2, 0.25) is 0 Å². The first-order chi connectivity index (χ1) is 12.7. The molecule has 0 aliphatic carbocycles. The van der Waals surface area contributed by atoms with Gasteiger partial charge in [0.05, 0.1) is 33.5 Å². The highest BCUT2D eigenvalue weighted by Gasteiger charge is 2.13.